The lowest BCUT2D eigenvalue weighted by Crippen LogP contribution is -2.25. The number of phenolic OH excluding ortho intramolecular Hbond substituents is 2. The van der Waals surface area contributed by atoms with E-state index in [-0.39, 0.29) is 23.3 Å². The van der Waals surface area contributed by atoms with E-state index in [9.17, 15) is 10.2 Å². The maximum Gasteiger partial charge on any atom is 0.126 e. The first-order valence-electron chi connectivity index (χ1n) is 8.43. The van der Waals surface area contributed by atoms with Crippen LogP contribution in [0.5, 0.6) is 17.2 Å². The zero-order valence-electron chi connectivity index (χ0n) is 14.0. The number of benzene rings is 3. The molecule has 0 aromatic heterocycles. The first kappa shape index (κ1) is 15.6. The average molecular weight is 332 g/mol. The Morgan fingerprint density at radius 3 is 2.16 bits per heavy atom. The summed E-state index contributed by atoms with van der Waals surface area (Å²) in [4.78, 5) is 0. The third-order valence-corrected chi connectivity index (χ3v) is 4.91. The maximum atomic E-state index is 9.79. The molecule has 0 fully saturated rings. The van der Waals surface area contributed by atoms with Gasteiger partial charge in [-0.25, -0.2) is 0 Å². The third-order valence-electron chi connectivity index (χ3n) is 4.91. The van der Waals surface area contributed by atoms with Crippen molar-refractivity contribution in [2.75, 3.05) is 6.61 Å². The predicted octanol–water partition coefficient (Wildman–Crippen LogP) is 4.71. The first-order valence-corrected chi connectivity index (χ1v) is 8.43. The van der Waals surface area contributed by atoms with Crippen LogP contribution in [0.2, 0.25) is 0 Å². The summed E-state index contributed by atoms with van der Waals surface area (Å²) in [5.74, 6) is 1.48. The summed E-state index contributed by atoms with van der Waals surface area (Å²) in [6.07, 6.45) is 0. The molecule has 2 N–H and O–H groups in total. The third kappa shape index (κ3) is 2.93. The van der Waals surface area contributed by atoms with Crippen LogP contribution in [0.25, 0.3) is 0 Å². The molecule has 0 aliphatic carbocycles. The number of aromatic hydroxyl groups is 2. The lowest BCUT2D eigenvalue weighted by molar-refractivity contribution is 0.247. The quantitative estimate of drug-likeness (QED) is 0.714. The fraction of sp³-hybridized carbons (Fsp3) is 0.182. The van der Waals surface area contributed by atoms with Crippen molar-refractivity contribution in [2.24, 2.45) is 0 Å². The number of phenols is 2. The second-order valence-electron chi connectivity index (χ2n) is 6.62. The number of hydrogen-bond donors (Lipinski definition) is 2. The second-order valence-corrected chi connectivity index (χ2v) is 6.62. The molecule has 0 radical (unpaired) electrons. The van der Waals surface area contributed by atoms with Crippen LogP contribution in [0, 0.1) is 6.92 Å². The van der Waals surface area contributed by atoms with Gasteiger partial charge in [0.15, 0.2) is 0 Å². The van der Waals surface area contributed by atoms with Crippen LogP contribution in [-0.4, -0.2) is 16.8 Å². The highest BCUT2D eigenvalue weighted by Gasteiger charge is 2.33. The van der Waals surface area contributed by atoms with Crippen LogP contribution < -0.4 is 4.74 Å². The Morgan fingerprint density at radius 2 is 1.44 bits per heavy atom. The number of hydrogen-bond acceptors (Lipinski definition) is 3. The van der Waals surface area contributed by atoms with Gasteiger partial charge in [0.25, 0.3) is 0 Å². The van der Waals surface area contributed by atoms with Crippen molar-refractivity contribution < 1.29 is 14.9 Å². The monoisotopic (exact) mass is 332 g/mol. The molecular formula is C22H20O3. The minimum atomic E-state index is 0.134. The van der Waals surface area contributed by atoms with E-state index < -0.39 is 0 Å². The molecule has 25 heavy (non-hydrogen) atoms. The number of fused-ring (bicyclic) bond motifs is 1. The van der Waals surface area contributed by atoms with Gasteiger partial charge < -0.3 is 14.9 Å². The molecule has 0 bridgehead atoms. The van der Waals surface area contributed by atoms with Crippen LogP contribution in [0.3, 0.4) is 0 Å². The molecule has 0 saturated carbocycles. The molecule has 3 aromatic carbocycles. The Labute approximate surface area is 147 Å². The Bertz CT molecular complexity index is 882. The van der Waals surface area contributed by atoms with E-state index in [2.05, 4.69) is 31.2 Å². The molecule has 2 atom stereocenters. The van der Waals surface area contributed by atoms with E-state index in [1.165, 1.54) is 11.1 Å². The molecular weight excluding hydrogens is 312 g/mol. The Balaban J connectivity index is 1.84. The fourth-order valence-corrected chi connectivity index (χ4v) is 3.59. The summed E-state index contributed by atoms with van der Waals surface area (Å²) < 4.78 is 5.95. The highest BCUT2D eigenvalue weighted by atomic mass is 16.5. The summed E-state index contributed by atoms with van der Waals surface area (Å²) in [6, 6.07) is 21.3. The van der Waals surface area contributed by atoms with Crippen LogP contribution in [0.4, 0.5) is 0 Å². The summed E-state index contributed by atoms with van der Waals surface area (Å²) in [5.41, 5.74) is 4.65. The Hall–Kier alpha value is -2.94. The van der Waals surface area contributed by atoms with Crippen LogP contribution in [-0.2, 0) is 0 Å². The summed E-state index contributed by atoms with van der Waals surface area (Å²) in [5, 5.41) is 19.4. The van der Waals surface area contributed by atoms with Crippen LogP contribution >= 0.6 is 0 Å². The van der Waals surface area contributed by atoms with Crippen molar-refractivity contribution in [2.45, 2.75) is 18.8 Å². The summed E-state index contributed by atoms with van der Waals surface area (Å²) in [7, 11) is 0. The van der Waals surface area contributed by atoms with E-state index in [1.807, 2.05) is 18.2 Å². The fourth-order valence-electron chi connectivity index (χ4n) is 3.59. The van der Waals surface area contributed by atoms with Gasteiger partial charge in [0.05, 0.1) is 6.61 Å². The standard InChI is InChI=1S/C22H20O3/c1-14-2-4-16(5-3-14)22-19-11-10-18(24)12-21(19)25-13-20(22)15-6-8-17(23)9-7-15/h2-12,20,22-24H,13H2,1H3/t20-,22-/m0/s1. The van der Waals surface area contributed by atoms with Gasteiger partial charge in [-0.3, -0.25) is 0 Å². The van der Waals surface area contributed by atoms with E-state index in [4.69, 9.17) is 4.74 Å². The molecule has 0 spiro atoms. The van der Waals surface area contributed by atoms with Crippen molar-refractivity contribution in [3.05, 3.63) is 89.0 Å². The van der Waals surface area contributed by atoms with Gasteiger partial charge in [0.1, 0.15) is 17.2 Å². The molecule has 3 heteroatoms. The van der Waals surface area contributed by atoms with Crippen LogP contribution in [0.1, 0.15) is 34.1 Å². The van der Waals surface area contributed by atoms with E-state index in [0.29, 0.717) is 6.61 Å². The van der Waals surface area contributed by atoms with E-state index in [1.54, 1.807) is 24.3 Å². The predicted molar refractivity (Wildman–Crippen MR) is 97.5 cm³/mol. The van der Waals surface area contributed by atoms with Crippen molar-refractivity contribution in [3.63, 3.8) is 0 Å². The molecule has 4 rings (SSSR count). The smallest absolute Gasteiger partial charge is 0.126 e. The second kappa shape index (κ2) is 6.17. The van der Waals surface area contributed by atoms with Crippen molar-refractivity contribution >= 4 is 0 Å². The highest BCUT2D eigenvalue weighted by molar-refractivity contribution is 5.50. The van der Waals surface area contributed by atoms with Crippen molar-refractivity contribution in [1.82, 2.24) is 0 Å². The minimum absolute atomic E-state index is 0.134. The van der Waals surface area contributed by atoms with Crippen molar-refractivity contribution in [1.29, 1.82) is 0 Å². The first-order chi connectivity index (χ1) is 12.1. The molecule has 3 aromatic rings. The normalized spacial score (nSPS) is 19.1. The number of rotatable bonds is 2. The topological polar surface area (TPSA) is 49.7 Å². The molecule has 1 heterocycles. The van der Waals surface area contributed by atoms with Gasteiger partial charge in [0, 0.05) is 23.5 Å². The summed E-state index contributed by atoms with van der Waals surface area (Å²) in [6.45, 7) is 2.61. The lowest BCUT2D eigenvalue weighted by atomic mass is 9.76. The zero-order valence-corrected chi connectivity index (χ0v) is 14.0. The largest absolute Gasteiger partial charge is 0.508 e. The lowest BCUT2D eigenvalue weighted by Gasteiger charge is -2.34. The molecule has 1 aliphatic rings. The molecule has 126 valence electrons. The molecule has 0 unspecified atom stereocenters. The van der Waals surface area contributed by atoms with Gasteiger partial charge in [-0.15, -0.1) is 0 Å². The SMILES string of the molecule is Cc1ccc([C@H]2c3ccc(O)cc3OC[C@H]2c2ccc(O)cc2)cc1. The molecule has 1 aliphatic heterocycles. The number of aryl methyl sites for hydroxylation is 1. The Morgan fingerprint density at radius 1 is 0.800 bits per heavy atom. The molecule has 0 amide bonds. The molecule has 0 saturated heterocycles. The van der Waals surface area contributed by atoms with Gasteiger partial charge in [-0.05, 0) is 36.2 Å². The molecule has 3 nitrogen and oxygen atoms in total. The average Bonchev–Trinajstić information content (AvgIpc) is 2.62. The Kier molecular flexibility index (Phi) is 3.85. The van der Waals surface area contributed by atoms with E-state index >= 15 is 0 Å². The van der Waals surface area contributed by atoms with Crippen LogP contribution in [0.15, 0.2) is 66.7 Å². The minimum Gasteiger partial charge on any atom is -0.508 e. The van der Waals surface area contributed by atoms with Gasteiger partial charge >= 0.3 is 0 Å². The van der Waals surface area contributed by atoms with Crippen molar-refractivity contribution in [3.8, 4) is 17.2 Å². The van der Waals surface area contributed by atoms with Gasteiger partial charge in [-0.1, -0.05) is 48.0 Å². The summed E-state index contributed by atoms with van der Waals surface area (Å²) >= 11 is 0. The van der Waals surface area contributed by atoms with E-state index in [0.717, 1.165) is 16.9 Å². The van der Waals surface area contributed by atoms with Gasteiger partial charge in [0.2, 0.25) is 0 Å². The maximum absolute atomic E-state index is 9.79. The highest BCUT2D eigenvalue weighted by Crippen LogP contribution is 2.47. The van der Waals surface area contributed by atoms with Gasteiger partial charge in [-0.2, -0.15) is 0 Å². The number of ether oxygens (including phenoxy) is 1. The zero-order chi connectivity index (χ0) is 17.4.